The first kappa shape index (κ1) is 24.2. The molecule has 1 saturated carbocycles. The fourth-order valence-electron chi connectivity index (χ4n) is 5.21. The predicted octanol–water partition coefficient (Wildman–Crippen LogP) is 1.45. The van der Waals surface area contributed by atoms with Crippen LogP contribution in [-0.4, -0.2) is 83.1 Å². The van der Waals surface area contributed by atoms with E-state index in [1.165, 1.54) is 6.42 Å². The summed E-state index contributed by atoms with van der Waals surface area (Å²) in [6, 6.07) is 5.16. The van der Waals surface area contributed by atoms with Gasteiger partial charge in [0.2, 0.25) is 11.8 Å². The van der Waals surface area contributed by atoms with Gasteiger partial charge in [-0.3, -0.25) is 19.1 Å². The molecule has 184 valence electrons. The van der Waals surface area contributed by atoms with Crippen molar-refractivity contribution in [2.75, 3.05) is 39.8 Å². The summed E-state index contributed by atoms with van der Waals surface area (Å²) in [4.78, 5) is 42.5. The van der Waals surface area contributed by atoms with Crippen LogP contribution in [0.5, 0.6) is 0 Å². The molecule has 9 heteroatoms. The number of amides is 3. The molecule has 1 saturated heterocycles. The van der Waals surface area contributed by atoms with Crippen LogP contribution in [0.1, 0.15) is 48.2 Å². The molecule has 4 rings (SSSR count). The minimum atomic E-state index is -0.488. The molecular formula is C25H36N6O3. The molecular weight excluding hydrogens is 432 g/mol. The molecule has 2 fully saturated rings. The van der Waals surface area contributed by atoms with Gasteiger partial charge in [0.05, 0.1) is 12.1 Å². The quantitative estimate of drug-likeness (QED) is 0.669. The number of hydrogen-bond donors (Lipinski definition) is 2. The van der Waals surface area contributed by atoms with Crippen LogP contribution in [0.2, 0.25) is 0 Å². The Labute approximate surface area is 200 Å². The molecule has 2 aliphatic rings. The zero-order valence-corrected chi connectivity index (χ0v) is 20.5. The maximum atomic E-state index is 13.4. The van der Waals surface area contributed by atoms with E-state index in [0.717, 1.165) is 42.3 Å². The number of piperazine rings is 1. The number of benzene rings is 1. The first-order valence-corrected chi connectivity index (χ1v) is 12.3. The van der Waals surface area contributed by atoms with E-state index in [1.54, 1.807) is 11.9 Å². The van der Waals surface area contributed by atoms with Gasteiger partial charge in [0.25, 0.3) is 5.91 Å². The summed E-state index contributed by atoms with van der Waals surface area (Å²) in [5.41, 5.74) is 2.49. The highest BCUT2D eigenvalue weighted by molar-refractivity contribution is 5.98. The fourth-order valence-corrected chi connectivity index (χ4v) is 5.21. The van der Waals surface area contributed by atoms with Gasteiger partial charge < -0.3 is 20.4 Å². The Morgan fingerprint density at radius 2 is 1.74 bits per heavy atom. The maximum absolute atomic E-state index is 13.4. The monoisotopic (exact) mass is 468 g/mol. The number of aromatic nitrogens is 2. The van der Waals surface area contributed by atoms with E-state index in [4.69, 9.17) is 0 Å². The smallest absolute Gasteiger partial charge is 0.254 e. The SMILES string of the molecule is CNCC(=O)NC(C(=O)N1CCN(C(=O)c2ccc3c(C)n(C)nc3c2)CC1)C1CCCCC1. The Morgan fingerprint density at radius 3 is 2.41 bits per heavy atom. The number of likely N-dealkylation sites (N-methyl/N-ethyl adjacent to an activating group) is 1. The van der Waals surface area contributed by atoms with Crippen LogP contribution >= 0.6 is 0 Å². The van der Waals surface area contributed by atoms with Crippen molar-refractivity contribution in [3.05, 3.63) is 29.5 Å². The molecule has 3 amide bonds. The third kappa shape index (κ3) is 5.09. The van der Waals surface area contributed by atoms with Gasteiger partial charge in [0, 0.05) is 49.9 Å². The summed E-state index contributed by atoms with van der Waals surface area (Å²) in [7, 11) is 3.62. The lowest BCUT2D eigenvalue weighted by Gasteiger charge is -2.39. The lowest BCUT2D eigenvalue weighted by molar-refractivity contribution is -0.139. The van der Waals surface area contributed by atoms with Crippen LogP contribution in [0.3, 0.4) is 0 Å². The minimum absolute atomic E-state index is 0.0196. The Hall–Kier alpha value is -2.94. The van der Waals surface area contributed by atoms with Crippen LogP contribution in [0, 0.1) is 12.8 Å². The number of hydrogen-bond acceptors (Lipinski definition) is 5. The van der Waals surface area contributed by atoms with Crippen molar-refractivity contribution in [3.8, 4) is 0 Å². The van der Waals surface area contributed by atoms with Crippen molar-refractivity contribution in [2.45, 2.75) is 45.1 Å². The van der Waals surface area contributed by atoms with Crippen LogP contribution < -0.4 is 10.6 Å². The molecule has 1 unspecified atom stereocenters. The molecule has 0 spiro atoms. The largest absolute Gasteiger partial charge is 0.343 e. The summed E-state index contributed by atoms with van der Waals surface area (Å²) in [5.74, 6) is -0.0343. The second kappa shape index (κ2) is 10.5. The van der Waals surface area contributed by atoms with Gasteiger partial charge in [0.15, 0.2) is 0 Å². The molecule has 1 aromatic carbocycles. The number of rotatable bonds is 6. The number of aryl methyl sites for hydroxylation is 2. The minimum Gasteiger partial charge on any atom is -0.343 e. The number of carbonyl (C=O) groups is 3. The Kier molecular flexibility index (Phi) is 7.50. The highest BCUT2D eigenvalue weighted by Gasteiger charge is 2.35. The molecule has 1 aliphatic heterocycles. The third-order valence-electron chi connectivity index (χ3n) is 7.30. The average Bonchev–Trinajstić information content (AvgIpc) is 3.15. The van der Waals surface area contributed by atoms with E-state index in [-0.39, 0.29) is 30.2 Å². The van der Waals surface area contributed by atoms with Crippen LogP contribution in [-0.2, 0) is 16.6 Å². The highest BCUT2D eigenvalue weighted by Crippen LogP contribution is 2.28. The zero-order chi connectivity index (χ0) is 24.2. The molecule has 1 aromatic heterocycles. The van der Waals surface area contributed by atoms with Crippen LogP contribution in [0.15, 0.2) is 18.2 Å². The first-order valence-electron chi connectivity index (χ1n) is 12.3. The van der Waals surface area contributed by atoms with Crippen LogP contribution in [0.25, 0.3) is 10.9 Å². The van der Waals surface area contributed by atoms with Crippen molar-refractivity contribution >= 4 is 28.6 Å². The lowest BCUT2D eigenvalue weighted by Crippen LogP contribution is -2.58. The van der Waals surface area contributed by atoms with Gasteiger partial charge in [-0.25, -0.2) is 0 Å². The van der Waals surface area contributed by atoms with Gasteiger partial charge >= 0.3 is 0 Å². The average molecular weight is 469 g/mol. The van der Waals surface area contributed by atoms with Crippen molar-refractivity contribution in [3.63, 3.8) is 0 Å². The Morgan fingerprint density at radius 1 is 1.06 bits per heavy atom. The lowest BCUT2D eigenvalue weighted by atomic mass is 9.83. The summed E-state index contributed by atoms with van der Waals surface area (Å²) < 4.78 is 1.82. The zero-order valence-electron chi connectivity index (χ0n) is 20.5. The maximum Gasteiger partial charge on any atom is 0.254 e. The standard InChI is InChI=1S/C25H36N6O3/c1-17-20-10-9-19(15-21(20)28-29(17)3)24(33)30-11-13-31(14-12-30)25(34)23(27-22(32)16-26-2)18-7-5-4-6-8-18/h9-10,15,18,23,26H,4-8,11-14,16H2,1-3H3,(H,27,32). The number of nitrogens with zero attached hydrogens (tertiary/aromatic N) is 4. The predicted molar refractivity (Wildman–Crippen MR) is 130 cm³/mol. The van der Waals surface area contributed by atoms with Crippen molar-refractivity contribution in [2.24, 2.45) is 13.0 Å². The van der Waals surface area contributed by atoms with Crippen molar-refractivity contribution < 1.29 is 14.4 Å². The molecule has 1 atom stereocenters. The highest BCUT2D eigenvalue weighted by atomic mass is 16.2. The summed E-state index contributed by atoms with van der Waals surface area (Å²) in [5, 5.41) is 11.4. The number of carbonyl (C=O) groups excluding carboxylic acids is 3. The summed E-state index contributed by atoms with van der Waals surface area (Å²) in [6.45, 7) is 4.10. The van der Waals surface area contributed by atoms with E-state index < -0.39 is 6.04 Å². The molecule has 2 aromatic rings. The van der Waals surface area contributed by atoms with E-state index in [2.05, 4.69) is 15.7 Å². The molecule has 2 N–H and O–H groups in total. The van der Waals surface area contributed by atoms with Crippen molar-refractivity contribution in [1.82, 2.24) is 30.2 Å². The molecule has 0 bridgehead atoms. The Bertz CT molecular complexity index is 1050. The van der Waals surface area contributed by atoms with Gasteiger partial charge in [-0.15, -0.1) is 0 Å². The molecule has 2 heterocycles. The topological polar surface area (TPSA) is 99.6 Å². The third-order valence-corrected chi connectivity index (χ3v) is 7.30. The van der Waals surface area contributed by atoms with E-state index in [9.17, 15) is 14.4 Å². The molecule has 34 heavy (non-hydrogen) atoms. The van der Waals surface area contributed by atoms with Crippen molar-refractivity contribution in [1.29, 1.82) is 0 Å². The van der Waals surface area contributed by atoms with E-state index >= 15 is 0 Å². The van der Waals surface area contributed by atoms with E-state index in [1.807, 2.05) is 41.8 Å². The van der Waals surface area contributed by atoms with Crippen LogP contribution in [0.4, 0.5) is 0 Å². The second-order valence-corrected chi connectivity index (χ2v) is 9.53. The van der Waals surface area contributed by atoms with Gasteiger partial charge in [-0.05, 0) is 44.9 Å². The number of nitrogens with one attached hydrogen (secondary N) is 2. The summed E-state index contributed by atoms with van der Waals surface area (Å²) in [6.07, 6.45) is 5.30. The number of fused-ring (bicyclic) bond motifs is 1. The fraction of sp³-hybridized carbons (Fsp3) is 0.600. The first-order chi connectivity index (χ1) is 16.4. The molecule has 0 radical (unpaired) electrons. The normalized spacial score (nSPS) is 18.2. The summed E-state index contributed by atoms with van der Waals surface area (Å²) >= 11 is 0. The second-order valence-electron chi connectivity index (χ2n) is 9.53. The Balaban J connectivity index is 1.40. The van der Waals surface area contributed by atoms with E-state index in [0.29, 0.717) is 31.7 Å². The van der Waals surface area contributed by atoms with Gasteiger partial charge in [-0.2, -0.15) is 5.10 Å². The van der Waals surface area contributed by atoms with Gasteiger partial charge in [0.1, 0.15) is 6.04 Å². The molecule has 9 nitrogen and oxygen atoms in total. The van der Waals surface area contributed by atoms with Gasteiger partial charge in [-0.1, -0.05) is 25.3 Å². The molecule has 1 aliphatic carbocycles.